The number of aromatic nitrogens is 1. The minimum absolute atomic E-state index is 0.0844. The second-order valence-corrected chi connectivity index (χ2v) is 7.23. The zero-order valence-electron chi connectivity index (χ0n) is 13.0. The van der Waals surface area contributed by atoms with Crippen LogP contribution in [0.2, 0.25) is 0 Å². The van der Waals surface area contributed by atoms with Crippen molar-refractivity contribution in [1.82, 2.24) is 4.98 Å². The van der Waals surface area contributed by atoms with Gasteiger partial charge in [-0.15, -0.1) is 0 Å². The predicted molar refractivity (Wildman–Crippen MR) is 91.2 cm³/mol. The number of nitrogens with zero attached hydrogens (tertiary/aromatic N) is 1. The molecule has 0 radical (unpaired) electrons. The summed E-state index contributed by atoms with van der Waals surface area (Å²) in [6.45, 7) is 0. The molecule has 0 unspecified atom stereocenters. The van der Waals surface area contributed by atoms with Crippen molar-refractivity contribution in [2.24, 2.45) is 11.8 Å². The fraction of sp³-hybridized carbons (Fsp3) is 0.389. The number of carbonyl (C=O) groups excluding carboxylic acids is 1. The molecule has 1 fully saturated rings. The van der Waals surface area contributed by atoms with E-state index in [0.717, 1.165) is 0 Å². The van der Waals surface area contributed by atoms with Gasteiger partial charge in [-0.3, -0.25) is 14.6 Å². The lowest BCUT2D eigenvalue weighted by molar-refractivity contribution is -0.144. The van der Waals surface area contributed by atoms with Crippen molar-refractivity contribution in [3.63, 3.8) is 0 Å². The Balaban J connectivity index is 1.71. The third kappa shape index (κ3) is 3.64. The van der Waals surface area contributed by atoms with Crippen LogP contribution in [0.1, 0.15) is 31.4 Å². The van der Waals surface area contributed by atoms with E-state index in [1.165, 1.54) is 12.3 Å². The molecule has 6 heteroatoms. The molecule has 1 aromatic heterocycles. The van der Waals surface area contributed by atoms with Crippen molar-refractivity contribution in [2.45, 2.75) is 32.1 Å². The first-order valence-electron chi connectivity index (χ1n) is 7.93. The molecule has 2 aromatic rings. The van der Waals surface area contributed by atoms with Gasteiger partial charge in [-0.2, -0.15) is 0 Å². The van der Waals surface area contributed by atoms with Crippen LogP contribution in [0.4, 0.5) is 4.39 Å². The predicted octanol–water partition coefficient (Wildman–Crippen LogP) is 4.14. The Morgan fingerprint density at radius 2 is 1.83 bits per heavy atom. The quantitative estimate of drug-likeness (QED) is 0.847. The fourth-order valence-electron chi connectivity index (χ4n) is 3.31. The van der Waals surface area contributed by atoms with Gasteiger partial charge in [-0.25, -0.2) is 4.39 Å². The first-order valence-corrected chi connectivity index (χ1v) is 8.72. The number of fused-ring (bicyclic) bond motifs is 1. The second kappa shape index (κ2) is 6.97. The number of carbonyl (C=O) groups is 2. The normalized spacial score (nSPS) is 20.9. The van der Waals surface area contributed by atoms with Crippen molar-refractivity contribution < 1.29 is 19.1 Å². The number of carboxylic acids is 1. The average Bonchev–Trinajstić information content (AvgIpc) is 2.54. The Bertz CT molecular complexity index is 800. The van der Waals surface area contributed by atoms with Gasteiger partial charge in [0.1, 0.15) is 11.6 Å². The molecule has 1 heterocycles. The maximum atomic E-state index is 13.8. The van der Waals surface area contributed by atoms with Crippen molar-refractivity contribution in [3.05, 3.63) is 40.4 Å². The molecular formula is C18H17BrFNO3. The van der Waals surface area contributed by atoms with Gasteiger partial charge in [-0.1, -0.05) is 15.9 Å². The summed E-state index contributed by atoms with van der Waals surface area (Å²) in [5.41, 5.74) is 0.616. The third-order valence-corrected chi connectivity index (χ3v) is 5.15. The van der Waals surface area contributed by atoms with E-state index in [1.54, 1.807) is 12.1 Å². The monoisotopic (exact) mass is 393 g/mol. The first kappa shape index (κ1) is 17.0. The number of pyridine rings is 1. The molecular weight excluding hydrogens is 377 g/mol. The summed E-state index contributed by atoms with van der Waals surface area (Å²) in [5, 5.41) is 10.1. The van der Waals surface area contributed by atoms with Crippen molar-refractivity contribution in [3.8, 4) is 0 Å². The topological polar surface area (TPSA) is 67.3 Å². The zero-order valence-corrected chi connectivity index (χ0v) is 14.6. The molecule has 0 spiro atoms. The summed E-state index contributed by atoms with van der Waals surface area (Å²) in [6, 6.07) is 4.92. The number of carboxylic acid groups (broad SMARTS) is 1. The highest BCUT2D eigenvalue weighted by molar-refractivity contribution is 9.10. The van der Waals surface area contributed by atoms with Gasteiger partial charge in [0.25, 0.3) is 0 Å². The van der Waals surface area contributed by atoms with Gasteiger partial charge in [0.15, 0.2) is 0 Å². The van der Waals surface area contributed by atoms with Crippen LogP contribution in [0, 0.1) is 17.7 Å². The Morgan fingerprint density at radius 3 is 2.50 bits per heavy atom. The number of ketones is 1. The smallest absolute Gasteiger partial charge is 0.306 e. The standard InChI is InChI=1S/C18H17BrFNO3/c19-13-5-12-6-14(21-9-15(12)16(20)7-13)8-17(22)10-1-3-11(4-2-10)18(23)24/h5-7,9-11H,1-4,8H2,(H,23,24). The van der Waals surface area contributed by atoms with Crippen LogP contribution in [0.15, 0.2) is 28.9 Å². The van der Waals surface area contributed by atoms with Crippen LogP contribution in [0.3, 0.4) is 0 Å². The molecule has 0 bridgehead atoms. The SMILES string of the molecule is O=C(O)C1CCC(C(=O)Cc2cc3cc(Br)cc(F)c3cn2)CC1. The molecule has 126 valence electrons. The number of benzene rings is 1. The highest BCUT2D eigenvalue weighted by Gasteiger charge is 2.29. The summed E-state index contributed by atoms with van der Waals surface area (Å²) in [4.78, 5) is 27.6. The van der Waals surface area contributed by atoms with E-state index in [1.807, 2.05) is 0 Å². The Morgan fingerprint density at radius 1 is 1.17 bits per heavy atom. The van der Waals surface area contributed by atoms with Gasteiger partial charge >= 0.3 is 5.97 Å². The second-order valence-electron chi connectivity index (χ2n) is 6.31. The number of rotatable bonds is 4. The number of Topliss-reactive ketones (excluding diaryl/α,β-unsaturated/α-hetero) is 1. The molecule has 0 aliphatic heterocycles. The molecule has 1 aliphatic rings. The minimum atomic E-state index is -0.773. The fourth-order valence-corrected chi connectivity index (χ4v) is 3.75. The lowest BCUT2D eigenvalue weighted by Gasteiger charge is -2.24. The van der Waals surface area contributed by atoms with E-state index >= 15 is 0 Å². The molecule has 0 atom stereocenters. The molecule has 0 amide bonds. The summed E-state index contributed by atoms with van der Waals surface area (Å²) in [6.07, 6.45) is 3.99. The summed E-state index contributed by atoms with van der Waals surface area (Å²) in [7, 11) is 0. The van der Waals surface area contributed by atoms with E-state index in [4.69, 9.17) is 5.11 Å². The van der Waals surface area contributed by atoms with Gasteiger partial charge in [0.2, 0.25) is 0 Å². The van der Waals surface area contributed by atoms with Gasteiger partial charge < -0.3 is 5.11 Å². The maximum Gasteiger partial charge on any atom is 0.306 e. The van der Waals surface area contributed by atoms with E-state index in [9.17, 15) is 14.0 Å². The van der Waals surface area contributed by atoms with Crippen molar-refractivity contribution >= 4 is 38.5 Å². The average molecular weight is 394 g/mol. The molecule has 1 saturated carbocycles. The lowest BCUT2D eigenvalue weighted by Crippen LogP contribution is -2.26. The van der Waals surface area contributed by atoms with Crippen LogP contribution in [-0.2, 0) is 16.0 Å². The highest BCUT2D eigenvalue weighted by atomic mass is 79.9. The maximum absolute atomic E-state index is 13.8. The summed E-state index contributed by atoms with van der Waals surface area (Å²) >= 11 is 3.26. The van der Waals surface area contributed by atoms with Crippen molar-refractivity contribution in [1.29, 1.82) is 0 Å². The van der Waals surface area contributed by atoms with Crippen LogP contribution >= 0.6 is 15.9 Å². The summed E-state index contributed by atoms with van der Waals surface area (Å²) < 4.78 is 14.5. The van der Waals surface area contributed by atoms with E-state index in [0.29, 0.717) is 46.6 Å². The van der Waals surface area contributed by atoms with E-state index in [2.05, 4.69) is 20.9 Å². The molecule has 3 rings (SSSR count). The van der Waals surface area contributed by atoms with Crippen LogP contribution < -0.4 is 0 Å². The van der Waals surface area contributed by atoms with Crippen LogP contribution in [-0.4, -0.2) is 21.8 Å². The Kier molecular flexibility index (Phi) is 4.94. The van der Waals surface area contributed by atoms with Crippen molar-refractivity contribution in [2.75, 3.05) is 0 Å². The summed E-state index contributed by atoms with van der Waals surface area (Å²) in [5.74, 6) is -1.46. The molecule has 0 saturated heterocycles. The lowest BCUT2D eigenvalue weighted by atomic mass is 9.79. The molecule has 4 nitrogen and oxygen atoms in total. The highest BCUT2D eigenvalue weighted by Crippen LogP contribution is 2.30. The van der Waals surface area contributed by atoms with Crippen LogP contribution in [0.25, 0.3) is 10.8 Å². The molecule has 24 heavy (non-hydrogen) atoms. The number of halogens is 2. The molecule has 1 aromatic carbocycles. The Labute approximate surface area is 147 Å². The molecule has 1 aliphatic carbocycles. The largest absolute Gasteiger partial charge is 0.481 e. The Hall–Kier alpha value is -1.82. The van der Waals surface area contributed by atoms with E-state index < -0.39 is 5.97 Å². The van der Waals surface area contributed by atoms with Gasteiger partial charge in [-0.05, 0) is 49.3 Å². The number of hydrogen-bond donors (Lipinski definition) is 1. The molecule has 1 N–H and O–H groups in total. The minimum Gasteiger partial charge on any atom is -0.481 e. The van der Waals surface area contributed by atoms with Crippen LogP contribution in [0.5, 0.6) is 0 Å². The number of aliphatic carboxylic acids is 1. The third-order valence-electron chi connectivity index (χ3n) is 4.70. The first-order chi connectivity index (χ1) is 11.4. The van der Waals surface area contributed by atoms with Gasteiger partial charge in [0.05, 0.1) is 5.92 Å². The zero-order chi connectivity index (χ0) is 17.3. The van der Waals surface area contributed by atoms with E-state index in [-0.39, 0.29) is 29.9 Å². The number of hydrogen-bond acceptors (Lipinski definition) is 3. The van der Waals surface area contributed by atoms with Gasteiger partial charge in [0, 0.05) is 34.1 Å².